The molecule has 2 heterocycles. The van der Waals surface area contributed by atoms with E-state index in [-0.39, 0.29) is 19.4 Å². The summed E-state index contributed by atoms with van der Waals surface area (Å²) in [6, 6.07) is 5.81. The van der Waals surface area contributed by atoms with Crippen LogP contribution in [0.4, 0.5) is 16.0 Å². The van der Waals surface area contributed by atoms with E-state index in [0.717, 1.165) is 0 Å². The van der Waals surface area contributed by atoms with Gasteiger partial charge in [0, 0.05) is 32.5 Å². The molecule has 3 N–H and O–H groups in total. The number of carboxylic acids is 1. The summed E-state index contributed by atoms with van der Waals surface area (Å²) in [7, 11) is 1.71. The predicted octanol–water partition coefficient (Wildman–Crippen LogP) is 1.54. The average Bonchev–Trinajstić information content (AvgIpc) is 2.63. The molecule has 0 radical (unpaired) electrons. The highest BCUT2D eigenvalue weighted by molar-refractivity contribution is 5.78. The van der Waals surface area contributed by atoms with E-state index >= 15 is 0 Å². The third kappa shape index (κ3) is 3.32. The maximum atomic E-state index is 13.5. The van der Waals surface area contributed by atoms with Gasteiger partial charge in [-0.3, -0.25) is 4.79 Å². The largest absolute Gasteiger partial charge is 0.481 e. The molecule has 26 heavy (non-hydrogen) atoms. The normalized spacial score (nSPS) is 22.9. The lowest BCUT2D eigenvalue weighted by atomic mass is 9.73. The standard InChI is InChI=1S/C18H21FN4O3/c1-20-15-16(22-7-6-21-15)23-8-5-14(24)18(11-23,17(25)26)10-12-3-2-4-13(19)9-12/h2-4,6-7,9,14,24H,5,8,10-11H2,1H3,(H,20,21)(H,25,26)/t14-,18+/m0/s1. The van der Waals surface area contributed by atoms with Crippen molar-refractivity contribution in [1.82, 2.24) is 9.97 Å². The highest BCUT2D eigenvalue weighted by atomic mass is 19.1. The molecule has 1 aliphatic rings. The summed E-state index contributed by atoms with van der Waals surface area (Å²) in [4.78, 5) is 22.5. The summed E-state index contributed by atoms with van der Waals surface area (Å²) in [6.07, 6.45) is 2.32. The van der Waals surface area contributed by atoms with E-state index in [9.17, 15) is 19.4 Å². The second-order valence-corrected chi connectivity index (χ2v) is 6.47. The van der Waals surface area contributed by atoms with Crippen molar-refractivity contribution >= 4 is 17.6 Å². The lowest BCUT2D eigenvalue weighted by molar-refractivity contribution is -0.157. The number of benzene rings is 1. The molecule has 0 amide bonds. The first-order valence-corrected chi connectivity index (χ1v) is 8.36. The zero-order chi connectivity index (χ0) is 18.7. The summed E-state index contributed by atoms with van der Waals surface area (Å²) in [5, 5.41) is 23.5. The number of nitrogens with one attached hydrogen (secondary N) is 1. The van der Waals surface area contributed by atoms with Gasteiger partial charge in [-0.25, -0.2) is 14.4 Å². The molecule has 1 aliphatic heterocycles. The quantitative estimate of drug-likeness (QED) is 0.744. The third-order valence-corrected chi connectivity index (χ3v) is 4.83. The molecule has 0 spiro atoms. The van der Waals surface area contributed by atoms with Crippen LogP contribution in [0.25, 0.3) is 0 Å². The number of piperidine rings is 1. The van der Waals surface area contributed by atoms with Gasteiger partial charge in [-0.05, 0) is 30.5 Å². The SMILES string of the molecule is CNc1nccnc1N1CC[C@H](O)[C@](Cc2cccc(F)c2)(C(=O)O)C1. The minimum atomic E-state index is -1.46. The van der Waals surface area contributed by atoms with Gasteiger partial charge in [-0.2, -0.15) is 0 Å². The van der Waals surface area contributed by atoms with Crippen LogP contribution in [0.15, 0.2) is 36.7 Å². The van der Waals surface area contributed by atoms with Gasteiger partial charge >= 0.3 is 5.97 Å². The monoisotopic (exact) mass is 360 g/mol. The van der Waals surface area contributed by atoms with E-state index in [0.29, 0.717) is 23.7 Å². The van der Waals surface area contributed by atoms with E-state index in [1.54, 1.807) is 24.2 Å². The molecule has 2 atom stereocenters. The van der Waals surface area contributed by atoms with Gasteiger partial charge in [-0.1, -0.05) is 12.1 Å². The van der Waals surface area contributed by atoms with Crippen LogP contribution in [-0.4, -0.2) is 52.4 Å². The Morgan fingerprint density at radius 1 is 1.42 bits per heavy atom. The Kier molecular flexibility index (Phi) is 5.03. The number of aromatic nitrogens is 2. The van der Waals surface area contributed by atoms with Gasteiger partial charge in [0.05, 0.1) is 6.10 Å². The topological polar surface area (TPSA) is 98.6 Å². The van der Waals surface area contributed by atoms with E-state index in [4.69, 9.17) is 0 Å². The zero-order valence-electron chi connectivity index (χ0n) is 14.4. The molecular formula is C18H21FN4O3. The van der Waals surface area contributed by atoms with Crippen molar-refractivity contribution in [3.63, 3.8) is 0 Å². The fraction of sp³-hybridized carbons (Fsp3) is 0.389. The fourth-order valence-electron chi connectivity index (χ4n) is 3.47. The molecule has 1 aromatic carbocycles. The van der Waals surface area contributed by atoms with Gasteiger partial charge < -0.3 is 20.4 Å². The highest BCUT2D eigenvalue weighted by Gasteiger charge is 2.49. The summed E-state index contributed by atoms with van der Waals surface area (Å²) < 4.78 is 13.5. The summed E-state index contributed by atoms with van der Waals surface area (Å²) in [6.45, 7) is 0.500. The van der Waals surface area contributed by atoms with E-state index in [1.807, 2.05) is 0 Å². The molecule has 138 valence electrons. The molecule has 0 saturated carbocycles. The van der Waals surface area contributed by atoms with E-state index < -0.39 is 23.3 Å². The molecule has 0 bridgehead atoms. The number of nitrogens with zero attached hydrogens (tertiary/aromatic N) is 3. The molecular weight excluding hydrogens is 339 g/mol. The Labute approximate surface area is 150 Å². The van der Waals surface area contributed by atoms with E-state index in [1.165, 1.54) is 24.4 Å². The number of hydrogen-bond donors (Lipinski definition) is 3. The van der Waals surface area contributed by atoms with Crippen LogP contribution in [0.5, 0.6) is 0 Å². The number of carboxylic acid groups (broad SMARTS) is 1. The van der Waals surface area contributed by atoms with Crippen LogP contribution in [-0.2, 0) is 11.2 Å². The minimum Gasteiger partial charge on any atom is -0.481 e. The predicted molar refractivity (Wildman–Crippen MR) is 94.6 cm³/mol. The molecule has 3 rings (SSSR count). The second-order valence-electron chi connectivity index (χ2n) is 6.47. The second kappa shape index (κ2) is 7.25. The smallest absolute Gasteiger partial charge is 0.314 e. The first-order valence-electron chi connectivity index (χ1n) is 8.36. The van der Waals surface area contributed by atoms with Crippen LogP contribution in [0, 0.1) is 11.2 Å². The molecule has 1 saturated heterocycles. The maximum Gasteiger partial charge on any atom is 0.314 e. The van der Waals surface area contributed by atoms with Crippen molar-refractivity contribution < 1.29 is 19.4 Å². The van der Waals surface area contributed by atoms with Gasteiger partial charge in [0.2, 0.25) is 0 Å². The van der Waals surface area contributed by atoms with E-state index in [2.05, 4.69) is 15.3 Å². The molecule has 0 aliphatic carbocycles. The van der Waals surface area contributed by atoms with Crippen LogP contribution >= 0.6 is 0 Å². The first-order chi connectivity index (χ1) is 12.5. The van der Waals surface area contributed by atoms with Crippen molar-refractivity contribution in [2.75, 3.05) is 30.4 Å². The number of aliphatic hydroxyl groups excluding tert-OH is 1. The third-order valence-electron chi connectivity index (χ3n) is 4.83. The first kappa shape index (κ1) is 18.1. The Morgan fingerprint density at radius 3 is 2.88 bits per heavy atom. The van der Waals surface area contributed by atoms with Crippen LogP contribution in [0.2, 0.25) is 0 Å². The molecule has 8 heteroatoms. The van der Waals surface area contributed by atoms with Crippen LogP contribution in [0.3, 0.4) is 0 Å². The number of halogens is 1. The Balaban J connectivity index is 1.96. The zero-order valence-corrected chi connectivity index (χ0v) is 14.4. The lowest BCUT2D eigenvalue weighted by Crippen LogP contribution is -2.57. The number of aliphatic carboxylic acids is 1. The summed E-state index contributed by atoms with van der Waals surface area (Å²) in [5.74, 6) is -0.480. The van der Waals surface area contributed by atoms with Crippen molar-refractivity contribution in [3.8, 4) is 0 Å². The van der Waals surface area contributed by atoms with Crippen LogP contribution < -0.4 is 10.2 Å². The van der Waals surface area contributed by atoms with Crippen molar-refractivity contribution in [1.29, 1.82) is 0 Å². The van der Waals surface area contributed by atoms with Gasteiger partial charge in [-0.15, -0.1) is 0 Å². The van der Waals surface area contributed by atoms with Crippen molar-refractivity contribution in [2.45, 2.75) is 18.9 Å². The summed E-state index contributed by atoms with van der Waals surface area (Å²) in [5.41, 5.74) is -0.935. The molecule has 7 nitrogen and oxygen atoms in total. The molecule has 1 fully saturated rings. The highest BCUT2D eigenvalue weighted by Crippen LogP contribution is 2.37. The summed E-state index contributed by atoms with van der Waals surface area (Å²) >= 11 is 0. The van der Waals surface area contributed by atoms with Crippen molar-refractivity contribution in [2.24, 2.45) is 5.41 Å². The van der Waals surface area contributed by atoms with Crippen LogP contribution in [0.1, 0.15) is 12.0 Å². The minimum absolute atomic E-state index is 0.0207. The average molecular weight is 360 g/mol. The number of carbonyl (C=O) groups is 1. The Hall–Kier alpha value is -2.74. The number of aliphatic hydroxyl groups is 1. The van der Waals surface area contributed by atoms with Crippen molar-refractivity contribution in [3.05, 3.63) is 48.0 Å². The van der Waals surface area contributed by atoms with Gasteiger partial charge in [0.15, 0.2) is 11.6 Å². The Morgan fingerprint density at radius 2 is 2.19 bits per heavy atom. The Bertz CT molecular complexity index is 804. The molecule has 2 aromatic rings. The number of anilines is 2. The number of rotatable bonds is 5. The molecule has 0 unspecified atom stereocenters. The number of hydrogen-bond acceptors (Lipinski definition) is 6. The maximum absolute atomic E-state index is 13.5. The molecule has 1 aromatic heterocycles. The lowest BCUT2D eigenvalue weighted by Gasteiger charge is -2.44. The van der Waals surface area contributed by atoms with Gasteiger partial charge in [0.25, 0.3) is 0 Å². The fourth-order valence-corrected chi connectivity index (χ4v) is 3.47. The van der Waals surface area contributed by atoms with Gasteiger partial charge in [0.1, 0.15) is 11.2 Å².